The van der Waals surface area contributed by atoms with Crippen molar-refractivity contribution in [2.24, 2.45) is 0 Å². The number of ketones is 1. The molecule has 0 aliphatic heterocycles. The monoisotopic (exact) mass is 322 g/mol. The lowest BCUT2D eigenvalue weighted by atomic mass is 10.0. The van der Waals surface area contributed by atoms with Crippen molar-refractivity contribution in [2.75, 3.05) is 6.54 Å². The number of carbonyl (C=O) groups is 3. The molecule has 122 valence electrons. The van der Waals surface area contributed by atoms with Crippen molar-refractivity contribution in [2.45, 2.75) is 19.9 Å². The maximum absolute atomic E-state index is 12.5. The van der Waals surface area contributed by atoms with E-state index in [2.05, 4.69) is 10.6 Å². The number of nitrogens with one attached hydrogen (secondary N) is 2. The van der Waals surface area contributed by atoms with Gasteiger partial charge in [-0.15, -0.1) is 0 Å². The van der Waals surface area contributed by atoms with E-state index < -0.39 is 0 Å². The van der Waals surface area contributed by atoms with Crippen LogP contribution >= 0.6 is 0 Å². The van der Waals surface area contributed by atoms with Crippen molar-refractivity contribution in [3.63, 3.8) is 0 Å². The van der Waals surface area contributed by atoms with Gasteiger partial charge in [0.2, 0.25) is 5.91 Å². The second-order valence-corrected chi connectivity index (χ2v) is 6.04. The van der Waals surface area contributed by atoms with Crippen molar-refractivity contribution in [3.8, 4) is 11.1 Å². The number of fused-ring (bicyclic) bond motifs is 3. The molecule has 2 aromatic rings. The van der Waals surface area contributed by atoms with Gasteiger partial charge < -0.3 is 10.6 Å². The van der Waals surface area contributed by atoms with Crippen LogP contribution in [0, 0.1) is 0 Å². The van der Waals surface area contributed by atoms with Gasteiger partial charge in [-0.25, -0.2) is 0 Å². The van der Waals surface area contributed by atoms with Crippen LogP contribution in [-0.4, -0.2) is 30.2 Å². The fraction of sp³-hybridized carbons (Fsp3) is 0.211. The van der Waals surface area contributed by atoms with E-state index >= 15 is 0 Å². The molecule has 1 aliphatic carbocycles. The highest BCUT2D eigenvalue weighted by atomic mass is 16.2. The third-order valence-corrected chi connectivity index (χ3v) is 3.85. The van der Waals surface area contributed by atoms with Gasteiger partial charge in [-0.3, -0.25) is 14.4 Å². The van der Waals surface area contributed by atoms with Gasteiger partial charge >= 0.3 is 0 Å². The van der Waals surface area contributed by atoms with E-state index in [-0.39, 0.29) is 30.2 Å². The molecular weight excluding hydrogens is 304 g/mol. The normalized spacial score (nSPS) is 11.9. The molecular formula is C19H18N2O3. The van der Waals surface area contributed by atoms with E-state index in [1.165, 1.54) is 0 Å². The first-order chi connectivity index (χ1) is 11.5. The van der Waals surface area contributed by atoms with Crippen LogP contribution in [0.3, 0.4) is 0 Å². The first kappa shape index (κ1) is 15.9. The number of rotatable bonds is 4. The summed E-state index contributed by atoms with van der Waals surface area (Å²) in [5.74, 6) is -0.698. The minimum absolute atomic E-state index is 0.0190. The Hall–Kier alpha value is -2.95. The van der Waals surface area contributed by atoms with Crippen LogP contribution < -0.4 is 10.6 Å². The maximum atomic E-state index is 12.5. The topological polar surface area (TPSA) is 75.3 Å². The van der Waals surface area contributed by atoms with E-state index in [1.54, 1.807) is 24.3 Å². The SMILES string of the molecule is CC(C)NC(=O)CNC(=O)c1ccc2c(c1)C(=O)c1ccccc1-2. The molecule has 0 spiro atoms. The number of hydrogen-bond donors (Lipinski definition) is 2. The molecule has 5 heteroatoms. The molecule has 0 atom stereocenters. The molecule has 2 amide bonds. The van der Waals surface area contributed by atoms with Crippen molar-refractivity contribution in [1.29, 1.82) is 0 Å². The van der Waals surface area contributed by atoms with Crippen molar-refractivity contribution in [1.82, 2.24) is 10.6 Å². The quantitative estimate of drug-likeness (QED) is 0.773. The number of benzene rings is 2. The van der Waals surface area contributed by atoms with E-state index in [1.807, 2.05) is 32.0 Å². The minimum Gasteiger partial charge on any atom is -0.352 e. The smallest absolute Gasteiger partial charge is 0.251 e. The predicted octanol–water partition coefficient (Wildman–Crippen LogP) is 2.15. The van der Waals surface area contributed by atoms with Gasteiger partial charge in [-0.2, -0.15) is 0 Å². The van der Waals surface area contributed by atoms with Crippen molar-refractivity contribution < 1.29 is 14.4 Å². The van der Waals surface area contributed by atoms with Crippen LogP contribution in [0.15, 0.2) is 42.5 Å². The summed E-state index contributed by atoms with van der Waals surface area (Å²) in [6, 6.07) is 12.5. The summed E-state index contributed by atoms with van der Waals surface area (Å²) in [5.41, 5.74) is 3.27. The summed E-state index contributed by atoms with van der Waals surface area (Å²) in [4.78, 5) is 36.3. The van der Waals surface area contributed by atoms with Crippen molar-refractivity contribution in [3.05, 3.63) is 59.2 Å². The van der Waals surface area contributed by atoms with Crippen LogP contribution in [0.25, 0.3) is 11.1 Å². The lowest BCUT2D eigenvalue weighted by Gasteiger charge is -2.09. The van der Waals surface area contributed by atoms with Crippen LogP contribution in [0.5, 0.6) is 0 Å². The van der Waals surface area contributed by atoms with Gasteiger partial charge in [0.15, 0.2) is 5.78 Å². The molecule has 0 saturated heterocycles. The molecule has 0 fully saturated rings. The Bertz CT molecular complexity index is 840. The van der Waals surface area contributed by atoms with Crippen LogP contribution in [0.2, 0.25) is 0 Å². The Morgan fingerprint density at radius 2 is 1.62 bits per heavy atom. The third kappa shape index (κ3) is 2.93. The van der Waals surface area contributed by atoms with Gasteiger partial charge in [-0.05, 0) is 37.1 Å². The summed E-state index contributed by atoms with van der Waals surface area (Å²) in [7, 11) is 0. The average molecular weight is 322 g/mol. The average Bonchev–Trinajstić information content (AvgIpc) is 2.85. The van der Waals surface area contributed by atoms with Gasteiger partial charge in [0.25, 0.3) is 5.91 Å². The molecule has 0 unspecified atom stereocenters. The fourth-order valence-electron chi connectivity index (χ4n) is 2.80. The summed E-state index contributed by atoms with van der Waals surface area (Å²) >= 11 is 0. The molecule has 2 N–H and O–H groups in total. The molecule has 1 aliphatic rings. The highest BCUT2D eigenvalue weighted by molar-refractivity contribution is 6.22. The fourth-order valence-corrected chi connectivity index (χ4v) is 2.80. The summed E-state index contributed by atoms with van der Waals surface area (Å²) in [6.07, 6.45) is 0. The number of hydrogen-bond acceptors (Lipinski definition) is 3. The molecule has 24 heavy (non-hydrogen) atoms. The zero-order valence-electron chi connectivity index (χ0n) is 13.6. The maximum Gasteiger partial charge on any atom is 0.251 e. The van der Waals surface area contributed by atoms with Gasteiger partial charge in [0.1, 0.15) is 0 Å². The molecule has 5 nitrogen and oxygen atoms in total. The zero-order valence-corrected chi connectivity index (χ0v) is 13.6. The first-order valence-electron chi connectivity index (χ1n) is 7.83. The summed E-state index contributed by atoms with van der Waals surface area (Å²) < 4.78 is 0. The van der Waals surface area contributed by atoms with Crippen LogP contribution in [-0.2, 0) is 4.79 Å². The highest BCUT2D eigenvalue weighted by Gasteiger charge is 2.27. The van der Waals surface area contributed by atoms with E-state index in [0.29, 0.717) is 16.7 Å². The Balaban J connectivity index is 1.77. The van der Waals surface area contributed by atoms with E-state index in [0.717, 1.165) is 11.1 Å². The van der Waals surface area contributed by atoms with Gasteiger partial charge in [-0.1, -0.05) is 30.3 Å². The van der Waals surface area contributed by atoms with Gasteiger partial charge in [0.05, 0.1) is 6.54 Å². The van der Waals surface area contributed by atoms with E-state index in [9.17, 15) is 14.4 Å². The lowest BCUT2D eigenvalue weighted by molar-refractivity contribution is -0.120. The number of amides is 2. The van der Waals surface area contributed by atoms with Crippen LogP contribution in [0.4, 0.5) is 0 Å². The summed E-state index contributed by atoms with van der Waals surface area (Å²) in [6.45, 7) is 3.61. The minimum atomic E-state index is -0.375. The molecule has 0 aromatic heterocycles. The second kappa shape index (κ2) is 6.28. The standard InChI is InChI=1S/C19H18N2O3/c1-11(2)21-17(22)10-20-19(24)12-7-8-14-13-5-3-4-6-15(13)18(23)16(14)9-12/h3-9,11H,10H2,1-2H3,(H,20,24)(H,21,22). The van der Waals surface area contributed by atoms with Crippen LogP contribution in [0.1, 0.15) is 40.1 Å². The number of carbonyl (C=O) groups excluding carboxylic acids is 3. The van der Waals surface area contributed by atoms with Gasteiger partial charge in [0, 0.05) is 22.7 Å². The van der Waals surface area contributed by atoms with E-state index in [4.69, 9.17) is 0 Å². The molecule has 3 rings (SSSR count). The Labute approximate surface area is 140 Å². The molecule has 0 bridgehead atoms. The third-order valence-electron chi connectivity index (χ3n) is 3.85. The molecule has 0 heterocycles. The Morgan fingerprint density at radius 1 is 0.958 bits per heavy atom. The Kier molecular flexibility index (Phi) is 4.16. The largest absolute Gasteiger partial charge is 0.352 e. The first-order valence-corrected chi connectivity index (χ1v) is 7.83. The molecule has 0 radical (unpaired) electrons. The molecule has 2 aromatic carbocycles. The second-order valence-electron chi connectivity index (χ2n) is 6.04. The van der Waals surface area contributed by atoms with Crippen molar-refractivity contribution >= 4 is 17.6 Å². The zero-order chi connectivity index (χ0) is 17.3. The lowest BCUT2D eigenvalue weighted by Crippen LogP contribution is -2.39. The predicted molar refractivity (Wildman–Crippen MR) is 90.9 cm³/mol. The highest BCUT2D eigenvalue weighted by Crippen LogP contribution is 2.36. The molecule has 0 saturated carbocycles. The Morgan fingerprint density at radius 3 is 2.33 bits per heavy atom. The summed E-state index contributed by atoms with van der Waals surface area (Å²) in [5, 5.41) is 5.27.